The van der Waals surface area contributed by atoms with Crippen LogP contribution in [0.5, 0.6) is 0 Å². The van der Waals surface area contributed by atoms with E-state index in [0.29, 0.717) is 12.6 Å². The summed E-state index contributed by atoms with van der Waals surface area (Å²) in [7, 11) is 1.81. The lowest BCUT2D eigenvalue weighted by atomic mass is 10.2. The minimum atomic E-state index is 0. The maximum Gasteiger partial charge on any atom is 0.191 e. The van der Waals surface area contributed by atoms with E-state index in [1.807, 2.05) is 18.4 Å². The van der Waals surface area contributed by atoms with Crippen molar-refractivity contribution in [3.8, 4) is 0 Å². The van der Waals surface area contributed by atoms with Gasteiger partial charge in [-0.2, -0.15) is 0 Å². The van der Waals surface area contributed by atoms with E-state index in [4.69, 9.17) is 4.74 Å². The van der Waals surface area contributed by atoms with Crippen molar-refractivity contribution in [2.75, 3.05) is 39.9 Å². The molecule has 0 saturated carbocycles. The zero-order valence-electron chi connectivity index (χ0n) is 17.5. The van der Waals surface area contributed by atoms with Crippen LogP contribution in [0.1, 0.15) is 41.8 Å². The average molecular weight is 545 g/mol. The summed E-state index contributed by atoms with van der Waals surface area (Å²) in [4.78, 5) is 8.28. The van der Waals surface area contributed by atoms with Gasteiger partial charge in [-0.1, -0.05) is 12.5 Å². The summed E-state index contributed by atoms with van der Waals surface area (Å²) in [6.07, 6.45) is 4.71. The predicted molar refractivity (Wildman–Crippen MR) is 131 cm³/mol. The molecule has 166 valence electrons. The van der Waals surface area contributed by atoms with Crippen molar-refractivity contribution in [1.82, 2.24) is 30.3 Å². The van der Waals surface area contributed by atoms with Gasteiger partial charge in [-0.15, -0.1) is 45.5 Å². The van der Waals surface area contributed by atoms with Gasteiger partial charge in [0.1, 0.15) is 5.82 Å². The van der Waals surface area contributed by atoms with Gasteiger partial charge in [0.15, 0.2) is 11.8 Å². The van der Waals surface area contributed by atoms with Crippen molar-refractivity contribution in [2.24, 2.45) is 4.99 Å². The van der Waals surface area contributed by atoms with Crippen LogP contribution in [0.4, 0.5) is 0 Å². The fourth-order valence-corrected chi connectivity index (χ4v) is 4.89. The van der Waals surface area contributed by atoms with E-state index in [1.54, 1.807) is 0 Å². The molecule has 0 amide bonds. The Morgan fingerprint density at radius 3 is 2.83 bits per heavy atom. The Hall–Kier alpha value is -1.24. The number of morpholine rings is 1. The Morgan fingerprint density at radius 2 is 2.07 bits per heavy atom. The molecule has 10 heteroatoms. The summed E-state index contributed by atoms with van der Waals surface area (Å²) in [6.45, 7) is 5.97. The molecule has 1 saturated heterocycles. The number of aromatic nitrogens is 3. The smallest absolute Gasteiger partial charge is 0.191 e. The first-order valence-corrected chi connectivity index (χ1v) is 11.4. The number of hydrogen-bond donors (Lipinski definition) is 2. The van der Waals surface area contributed by atoms with Gasteiger partial charge in [-0.25, -0.2) is 0 Å². The largest absolute Gasteiger partial charge is 0.379 e. The van der Waals surface area contributed by atoms with Crippen LogP contribution in [-0.2, 0) is 24.2 Å². The van der Waals surface area contributed by atoms with Crippen LogP contribution < -0.4 is 10.6 Å². The number of thiophene rings is 1. The summed E-state index contributed by atoms with van der Waals surface area (Å²) in [6, 6.07) is 4.66. The molecule has 4 rings (SSSR count). The molecule has 2 aromatic heterocycles. The average Bonchev–Trinajstić information content (AvgIpc) is 3.36. The molecule has 2 aromatic rings. The molecule has 1 atom stereocenters. The molecule has 4 heterocycles. The number of hydrogen-bond acceptors (Lipinski definition) is 6. The highest BCUT2D eigenvalue weighted by Crippen LogP contribution is 2.25. The number of guanidine groups is 1. The molecule has 2 N–H and O–H groups in total. The van der Waals surface area contributed by atoms with Crippen molar-refractivity contribution in [1.29, 1.82) is 0 Å². The number of nitrogens with zero attached hydrogens (tertiary/aromatic N) is 5. The van der Waals surface area contributed by atoms with Crippen molar-refractivity contribution in [2.45, 2.75) is 44.8 Å². The van der Waals surface area contributed by atoms with E-state index >= 15 is 0 Å². The van der Waals surface area contributed by atoms with Crippen LogP contribution in [0.15, 0.2) is 22.5 Å². The number of aryl methyl sites for hydroxylation is 1. The number of aliphatic imine (C=N–C) groups is 1. The van der Waals surface area contributed by atoms with Crippen LogP contribution >= 0.6 is 35.3 Å². The van der Waals surface area contributed by atoms with Crippen LogP contribution in [-0.4, -0.2) is 65.5 Å². The van der Waals surface area contributed by atoms with E-state index in [2.05, 4.69) is 52.8 Å². The van der Waals surface area contributed by atoms with Gasteiger partial charge in [-0.05, 0) is 24.3 Å². The Labute approximate surface area is 199 Å². The minimum absolute atomic E-state index is 0. The fraction of sp³-hybridized carbons (Fsp3) is 0.650. The highest BCUT2D eigenvalue weighted by Gasteiger charge is 2.23. The third kappa shape index (κ3) is 5.92. The third-order valence-electron chi connectivity index (χ3n) is 5.64. The maximum absolute atomic E-state index is 5.54. The van der Waals surface area contributed by atoms with Crippen LogP contribution in [0, 0.1) is 0 Å². The molecular weight excluding hydrogens is 513 g/mol. The van der Waals surface area contributed by atoms with Crippen LogP contribution in [0.3, 0.4) is 0 Å². The summed E-state index contributed by atoms with van der Waals surface area (Å²) in [5.74, 6) is 2.91. The van der Waals surface area contributed by atoms with E-state index < -0.39 is 0 Å². The molecule has 0 aromatic carbocycles. The molecule has 30 heavy (non-hydrogen) atoms. The van der Waals surface area contributed by atoms with Crippen molar-refractivity contribution in [3.05, 3.63) is 34.0 Å². The molecule has 8 nitrogen and oxygen atoms in total. The standard InChI is InChI=1S/C20H31N7OS.HI/c1-21-20(23-15-19-25-24-18-7-3-2-4-8-27(18)19)22-14-16(17-6-5-13-29-17)26-9-11-28-12-10-26;/h5-6,13,16H,2-4,7-12,14-15H2,1H3,(H2,21,22,23);1H. The molecule has 0 radical (unpaired) electrons. The first-order chi connectivity index (χ1) is 14.3. The zero-order chi connectivity index (χ0) is 19.9. The number of nitrogens with one attached hydrogen (secondary N) is 2. The molecule has 2 aliphatic heterocycles. The van der Waals surface area contributed by atoms with Crippen LogP contribution in [0.2, 0.25) is 0 Å². The quantitative estimate of drug-likeness (QED) is 0.330. The maximum atomic E-state index is 5.54. The van der Waals surface area contributed by atoms with Gasteiger partial charge in [0, 0.05) is 44.5 Å². The summed E-state index contributed by atoms with van der Waals surface area (Å²) in [5.41, 5.74) is 0. The van der Waals surface area contributed by atoms with Gasteiger partial charge in [0.05, 0.1) is 25.8 Å². The third-order valence-corrected chi connectivity index (χ3v) is 6.62. The van der Waals surface area contributed by atoms with Crippen LogP contribution in [0.25, 0.3) is 0 Å². The van der Waals surface area contributed by atoms with Gasteiger partial charge < -0.3 is 19.9 Å². The molecular formula is C20H32IN7OS. The molecule has 0 bridgehead atoms. The van der Waals surface area contributed by atoms with E-state index in [0.717, 1.165) is 63.4 Å². The second kappa shape index (κ2) is 12.0. The molecule has 1 fully saturated rings. The fourth-order valence-electron chi connectivity index (χ4n) is 4.03. The second-order valence-electron chi connectivity index (χ2n) is 7.48. The topological polar surface area (TPSA) is 79.6 Å². The highest BCUT2D eigenvalue weighted by atomic mass is 127. The SMILES string of the molecule is CN=C(NCc1nnc2n1CCCCC2)NCC(c1cccs1)N1CCOCC1.I. The molecule has 0 aliphatic carbocycles. The number of halogens is 1. The molecule has 0 spiro atoms. The van der Waals surface area contributed by atoms with Gasteiger partial charge in [0.2, 0.25) is 0 Å². The lowest BCUT2D eigenvalue weighted by molar-refractivity contribution is 0.0177. The summed E-state index contributed by atoms with van der Waals surface area (Å²) >= 11 is 1.81. The van der Waals surface area contributed by atoms with Gasteiger partial charge in [0.25, 0.3) is 0 Å². The second-order valence-corrected chi connectivity index (χ2v) is 8.46. The Morgan fingerprint density at radius 1 is 1.20 bits per heavy atom. The zero-order valence-corrected chi connectivity index (χ0v) is 20.7. The highest BCUT2D eigenvalue weighted by molar-refractivity contribution is 14.0. The number of rotatable bonds is 6. The molecule has 2 aliphatic rings. The van der Waals surface area contributed by atoms with Crippen molar-refractivity contribution in [3.63, 3.8) is 0 Å². The summed E-state index contributed by atoms with van der Waals surface area (Å²) < 4.78 is 7.81. The van der Waals surface area contributed by atoms with E-state index in [-0.39, 0.29) is 24.0 Å². The molecule has 1 unspecified atom stereocenters. The van der Waals surface area contributed by atoms with E-state index in [1.165, 1.54) is 24.1 Å². The minimum Gasteiger partial charge on any atom is -0.379 e. The van der Waals surface area contributed by atoms with E-state index in [9.17, 15) is 0 Å². The summed E-state index contributed by atoms with van der Waals surface area (Å²) in [5, 5.41) is 17.9. The predicted octanol–water partition coefficient (Wildman–Crippen LogP) is 2.42. The Kier molecular flexibility index (Phi) is 9.34. The van der Waals surface area contributed by atoms with Gasteiger partial charge >= 0.3 is 0 Å². The van der Waals surface area contributed by atoms with Crippen molar-refractivity contribution >= 4 is 41.3 Å². The van der Waals surface area contributed by atoms with Crippen molar-refractivity contribution < 1.29 is 4.74 Å². The lowest BCUT2D eigenvalue weighted by Gasteiger charge is -2.34. The first kappa shape index (κ1) is 23.4. The Bertz CT molecular complexity index is 789. The lowest BCUT2D eigenvalue weighted by Crippen LogP contribution is -2.46. The first-order valence-electron chi connectivity index (χ1n) is 10.6. The monoisotopic (exact) mass is 545 g/mol. The Balaban J connectivity index is 0.00000256. The number of ether oxygens (including phenoxy) is 1. The number of fused-ring (bicyclic) bond motifs is 1. The normalized spacial score (nSPS) is 18.8. The van der Waals surface area contributed by atoms with Gasteiger partial charge in [-0.3, -0.25) is 9.89 Å².